The average Bonchev–Trinajstić information content (AvgIpc) is 2.55. The van der Waals surface area contributed by atoms with Crippen LogP contribution in [-0.4, -0.2) is 18.3 Å². The molecule has 0 unspecified atom stereocenters. The van der Waals surface area contributed by atoms with Gasteiger partial charge in [0, 0.05) is 6.07 Å². The van der Waals surface area contributed by atoms with Gasteiger partial charge in [-0.2, -0.15) is 17.2 Å². The molecule has 2 rings (SSSR count). The van der Waals surface area contributed by atoms with Crippen molar-refractivity contribution in [3.63, 3.8) is 0 Å². The summed E-state index contributed by atoms with van der Waals surface area (Å²) in [4.78, 5) is 12.6. The van der Waals surface area contributed by atoms with Crippen molar-refractivity contribution >= 4 is 15.8 Å². The molecule has 0 spiro atoms. The average molecular weight is 370 g/mol. The highest BCUT2D eigenvalue weighted by Crippen LogP contribution is 2.31. The fourth-order valence-corrected chi connectivity index (χ4v) is 2.31. The van der Waals surface area contributed by atoms with Gasteiger partial charge in [-0.3, -0.25) is 10.1 Å². The summed E-state index contributed by atoms with van der Waals surface area (Å²) in [7, 11) is -5.12. The van der Waals surface area contributed by atoms with Crippen molar-refractivity contribution < 1.29 is 39.5 Å². The van der Waals surface area contributed by atoms with E-state index in [-0.39, 0.29) is 0 Å². The second-order valence-corrected chi connectivity index (χ2v) is 5.54. The molecular formula is C11H3F5N2O5S. The third kappa shape index (κ3) is 2.97. The molecule has 0 aliphatic heterocycles. The van der Waals surface area contributed by atoms with Crippen LogP contribution in [0, 0.1) is 39.2 Å². The zero-order chi connectivity index (χ0) is 18.2. The fourth-order valence-electron chi connectivity index (χ4n) is 1.44. The number of hydrogen-bond donors (Lipinski definition) is 0. The molecule has 0 saturated heterocycles. The van der Waals surface area contributed by atoms with Crippen LogP contribution in [0.25, 0.3) is 0 Å². The number of hydrogen-bond acceptors (Lipinski definition) is 6. The summed E-state index contributed by atoms with van der Waals surface area (Å²) < 4.78 is 93.1. The molecule has 0 saturated carbocycles. The van der Waals surface area contributed by atoms with Crippen LogP contribution in [0.2, 0.25) is 0 Å². The Hall–Kier alpha value is -2.83. The van der Waals surface area contributed by atoms with Gasteiger partial charge in [-0.1, -0.05) is 0 Å². The third-order valence-electron chi connectivity index (χ3n) is 2.55. The van der Waals surface area contributed by atoms with Crippen molar-refractivity contribution in [2.75, 3.05) is 0 Å². The van der Waals surface area contributed by atoms with Crippen LogP contribution in [0.5, 0.6) is 5.75 Å². The minimum Gasteiger partial charge on any atom is -0.371 e. The molecule has 1 aromatic carbocycles. The van der Waals surface area contributed by atoms with Crippen molar-refractivity contribution in [2.24, 2.45) is 0 Å². The maximum atomic E-state index is 13.4. The Bertz CT molecular complexity index is 904. The normalized spacial score (nSPS) is 11.4. The summed E-state index contributed by atoms with van der Waals surface area (Å²) in [5.74, 6) is -14.4. The van der Waals surface area contributed by atoms with Gasteiger partial charge in [0.25, 0.3) is 5.69 Å². The Morgan fingerprint density at radius 2 is 1.46 bits per heavy atom. The van der Waals surface area contributed by atoms with Crippen molar-refractivity contribution in [1.82, 2.24) is 4.98 Å². The van der Waals surface area contributed by atoms with Gasteiger partial charge in [-0.15, -0.1) is 0 Å². The number of rotatable bonds is 4. The van der Waals surface area contributed by atoms with E-state index in [0.717, 1.165) is 0 Å². The summed E-state index contributed by atoms with van der Waals surface area (Å²) in [6.07, 6.45) is 0.495. The molecule has 0 amide bonds. The first kappa shape index (κ1) is 17.5. The van der Waals surface area contributed by atoms with Gasteiger partial charge >= 0.3 is 10.1 Å². The van der Waals surface area contributed by atoms with Crippen LogP contribution in [-0.2, 0) is 10.1 Å². The van der Waals surface area contributed by atoms with Crippen molar-refractivity contribution in [1.29, 1.82) is 0 Å². The molecule has 0 aliphatic rings. The quantitative estimate of drug-likeness (QED) is 0.205. The summed E-state index contributed by atoms with van der Waals surface area (Å²) in [5, 5.41) is 9.37. The highest BCUT2D eigenvalue weighted by Gasteiger charge is 2.31. The Morgan fingerprint density at radius 3 is 1.88 bits per heavy atom. The molecule has 2 aromatic rings. The molecule has 1 heterocycles. The van der Waals surface area contributed by atoms with Gasteiger partial charge < -0.3 is 4.18 Å². The smallest absolute Gasteiger partial charge is 0.357 e. The fraction of sp³-hybridized carbons (Fsp3) is 0. The van der Waals surface area contributed by atoms with Crippen LogP contribution in [0.15, 0.2) is 23.4 Å². The molecule has 0 bridgehead atoms. The Labute approximate surface area is 129 Å². The SMILES string of the molecule is O=[N+]([O-])c1ccc(S(=O)(=O)Oc2c(F)c(F)c(F)c(F)c2F)nc1. The van der Waals surface area contributed by atoms with E-state index in [1.54, 1.807) is 0 Å². The van der Waals surface area contributed by atoms with Crippen LogP contribution in [0.1, 0.15) is 0 Å². The summed E-state index contributed by atoms with van der Waals surface area (Å²) in [6, 6.07) is 1.24. The van der Waals surface area contributed by atoms with E-state index in [4.69, 9.17) is 0 Å². The minimum absolute atomic E-state index is 0.495. The number of aromatic nitrogens is 1. The lowest BCUT2D eigenvalue weighted by molar-refractivity contribution is -0.385. The minimum atomic E-state index is -5.12. The van der Waals surface area contributed by atoms with Crippen LogP contribution >= 0.6 is 0 Å². The molecule has 128 valence electrons. The third-order valence-corrected chi connectivity index (χ3v) is 3.69. The maximum absolute atomic E-state index is 13.4. The van der Waals surface area contributed by atoms with Crippen LogP contribution in [0.4, 0.5) is 27.6 Å². The molecule has 24 heavy (non-hydrogen) atoms. The number of nitrogens with zero attached hydrogens (tertiary/aromatic N) is 2. The highest BCUT2D eigenvalue weighted by molar-refractivity contribution is 7.87. The second kappa shape index (κ2) is 5.99. The Morgan fingerprint density at radius 1 is 0.958 bits per heavy atom. The number of nitro groups is 1. The number of pyridine rings is 1. The van der Waals surface area contributed by atoms with E-state index in [1.807, 2.05) is 0 Å². The molecule has 0 radical (unpaired) electrons. The summed E-state index contributed by atoms with van der Waals surface area (Å²) in [5.41, 5.74) is -0.606. The standard InChI is InChI=1S/C11H3F5N2O5S/c12-6-7(13)9(15)11(10(16)8(6)14)23-24(21,22)5-2-1-4(3-17-5)18(19)20/h1-3H. The molecule has 0 aliphatic carbocycles. The van der Waals surface area contributed by atoms with E-state index < -0.39 is 60.6 Å². The highest BCUT2D eigenvalue weighted by atomic mass is 32.2. The van der Waals surface area contributed by atoms with Crippen molar-refractivity contribution in [3.05, 3.63) is 57.5 Å². The first-order chi connectivity index (χ1) is 11.1. The maximum Gasteiger partial charge on any atom is 0.357 e. The zero-order valence-corrected chi connectivity index (χ0v) is 11.8. The molecule has 0 N–H and O–H groups in total. The van der Waals surface area contributed by atoms with Gasteiger partial charge in [0.2, 0.25) is 34.8 Å². The Kier molecular flexibility index (Phi) is 4.38. The van der Waals surface area contributed by atoms with Gasteiger partial charge in [0.1, 0.15) is 6.20 Å². The van der Waals surface area contributed by atoms with E-state index in [0.29, 0.717) is 18.3 Å². The predicted octanol–water partition coefficient (Wildman–Crippen LogP) is 2.45. The van der Waals surface area contributed by atoms with Gasteiger partial charge in [0.05, 0.1) is 4.92 Å². The molecule has 0 atom stereocenters. The monoisotopic (exact) mass is 370 g/mol. The van der Waals surface area contributed by atoms with E-state index in [2.05, 4.69) is 9.17 Å². The Balaban J connectivity index is 2.49. The van der Waals surface area contributed by atoms with E-state index in [1.165, 1.54) is 0 Å². The number of halogens is 5. The van der Waals surface area contributed by atoms with E-state index in [9.17, 15) is 40.5 Å². The predicted molar refractivity (Wildman–Crippen MR) is 64.9 cm³/mol. The first-order valence-electron chi connectivity index (χ1n) is 5.62. The lowest BCUT2D eigenvalue weighted by atomic mass is 10.3. The molecule has 13 heteroatoms. The van der Waals surface area contributed by atoms with Gasteiger partial charge in [0.15, 0.2) is 5.03 Å². The second-order valence-electron chi connectivity index (χ2n) is 4.05. The van der Waals surface area contributed by atoms with Crippen molar-refractivity contribution in [2.45, 2.75) is 5.03 Å². The lowest BCUT2D eigenvalue weighted by Crippen LogP contribution is -2.15. The zero-order valence-electron chi connectivity index (χ0n) is 11.0. The topological polar surface area (TPSA) is 99.4 Å². The summed E-state index contributed by atoms with van der Waals surface area (Å²) >= 11 is 0. The molecule has 0 fully saturated rings. The van der Waals surface area contributed by atoms with Gasteiger partial charge in [-0.25, -0.2) is 18.2 Å². The van der Waals surface area contributed by atoms with Crippen LogP contribution in [0.3, 0.4) is 0 Å². The van der Waals surface area contributed by atoms with Gasteiger partial charge in [-0.05, 0) is 6.07 Å². The number of benzene rings is 1. The van der Waals surface area contributed by atoms with E-state index >= 15 is 0 Å². The molecule has 7 nitrogen and oxygen atoms in total. The lowest BCUT2D eigenvalue weighted by Gasteiger charge is -2.09. The summed E-state index contributed by atoms with van der Waals surface area (Å²) in [6.45, 7) is 0. The van der Waals surface area contributed by atoms with Crippen LogP contribution < -0.4 is 4.18 Å². The largest absolute Gasteiger partial charge is 0.371 e. The molecular weight excluding hydrogens is 367 g/mol. The van der Waals surface area contributed by atoms with Crippen molar-refractivity contribution in [3.8, 4) is 5.75 Å². The first-order valence-corrected chi connectivity index (χ1v) is 7.03. The molecule has 1 aromatic heterocycles.